The van der Waals surface area contributed by atoms with Crippen molar-refractivity contribution in [2.24, 2.45) is 0 Å². The minimum absolute atomic E-state index is 0.0130. The molecule has 0 unspecified atom stereocenters. The number of hydrogen-bond acceptors (Lipinski definition) is 13. The average molecular weight is 912 g/mol. The van der Waals surface area contributed by atoms with Crippen LogP contribution in [0.2, 0.25) is 0 Å². The van der Waals surface area contributed by atoms with Gasteiger partial charge in [0, 0.05) is 91.5 Å². The van der Waals surface area contributed by atoms with E-state index < -0.39 is 53.7 Å². The highest BCUT2D eigenvalue weighted by molar-refractivity contribution is 7.99. The lowest BCUT2D eigenvalue weighted by atomic mass is 9.86. The molecule has 3 aliphatic rings. The first-order valence-corrected chi connectivity index (χ1v) is 23.2. The molecule has 3 aliphatic heterocycles. The van der Waals surface area contributed by atoms with E-state index in [4.69, 9.17) is 33.7 Å². The van der Waals surface area contributed by atoms with Crippen LogP contribution in [0.1, 0.15) is 131 Å². The predicted molar refractivity (Wildman–Crippen MR) is 251 cm³/mol. The van der Waals surface area contributed by atoms with E-state index in [1.54, 1.807) is 0 Å². The number of hydrogen-bond donors (Lipinski definition) is 3. The van der Waals surface area contributed by atoms with Crippen LogP contribution < -0.4 is 5.32 Å². The Balaban J connectivity index is 1.19. The van der Waals surface area contributed by atoms with Crippen LogP contribution in [-0.2, 0) is 47.7 Å². The Kier molecular flexibility index (Phi) is 15.8. The third kappa shape index (κ3) is 11.2. The fraction of sp³-hybridized carbons (Fsp3) is 0.490. The average Bonchev–Trinajstić information content (AvgIpc) is 3.94. The number of nitrogens with one attached hydrogen (secondary N) is 3. The molecule has 1 saturated heterocycles. The van der Waals surface area contributed by atoms with Gasteiger partial charge < -0.3 is 39.0 Å². The quantitative estimate of drug-likeness (QED) is 0.0749. The molecule has 8 bridgehead atoms. The molecule has 0 aliphatic carbocycles. The molecule has 0 radical (unpaired) electrons. The predicted octanol–water partition coefficient (Wildman–Crippen LogP) is 8.21. The third-order valence-electron chi connectivity index (χ3n) is 12.2. The molecule has 3 aromatic rings. The van der Waals surface area contributed by atoms with E-state index in [1.807, 2.05) is 6.08 Å². The molecule has 65 heavy (non-hydrogen) atoms. The maximum Gasteiger partial charge on any atom is 0.303 e. The van der Waals surface area contributed by atoms with E-state index in [1.165, 1.54) is 45.0 Å². The van der Waals surface area contributed by atoms with Gasteiger partial charge in [-0.2, -0.15) is 0 Å². The monoisotopic (exact) mass is 911 g/mol. The number of H-pyrrole nitrogens is 2. The lowest BCUT2D eigenvalue weighted by Crippen LogP contribution is -2.61. The number of carbonyl (C=O) groups excluding carboxylic acids is 5. The van der Waals surface area contributed by atoms with E-state index >= 15 is 0 Å². The van der Waals surface area contributed by atoms with Crippen molar-refractivity contribution in [1.29, 1.82) is 0 Å². The number of nitrogens with zero attached hydrogens (tertiary/aromatic N) is 2. The van der Waals surface area contributed by atoms with Gasteiger partial charge in [-0.05, 0) is 105 Å². The summed E-state index contributed by atoms with van der Waals surface area (Å²) in [6.07, 6.45) is -0.548. The molecule has 1 amide bonds. The summed E-state index contributed by atoms with van der Waals surface area (Å²) in [7, 11) is 0. The molecular weight excluding hydrogens is 851 g/mol. The Morgan fingerprint density at radius 3 is 2.12 bits per heavy atom. The number of esters is 4. The van der Waals surface area contributed by atoms with Gasteiger partial charge in [0.05, 0.1) is 11.4 Å². The summed E-state index contributed by atoms with van der Waals surface area (Å²) in [5, 5.41) is 3.05. The van der Waals surface area contributed by atoms with Gasteiger partial charge in [0.25, 0.3) is 0 Å². The minimum Gasteiger partial charge on any atom is -0.463 e. The Hall–Kier alpha value is -5.74. The summed E-state index contributed by atoms with van der Waals surface area (Å²) >= 11 is 1.27. The summed E-state index contributed by atoms with van der Waals surface area (Å²) in [4.78, 5) is 79.4. The van der Waals surface area contributed by atoms with Gasteiger partial charge in [-0.3, -0.25) is 29.0 Å². The zero-order valence-electron chi connectivity index (χ0n) is 39.0. The molecule has 7 atom stereocenters. The van der Waals surface area contributed by atoms with Crippen LogP contribution in [0.4, 0.5) is 0 Å². The lowest BCUT2D eigenvalue weighted by molar-refractivity contribution is -0.237. The smallest absolute Gasteiger partial charge is 0.303 e. The Morgan fingerprint density at radius 1 is 0.815 bits per heavy atom. The maximum atomic E-state index is 13.5. The van der Waals surface area contributed by atoms with Crippen molar-refractivity contribution >= 4 is 80.8 Å². The molecule has 348 valence electrons. The van der Waals surface area contributed by atoms with Crippen molar-refractivity contribution in [2.75, 3.05) is 18.9 Å². The summed E-state index contributed by atoms with van der Waals surface area (Å²) < 4.78 is 28.0. The number of amides is 1. The number of rotatable bonds is 15. The lowest BCUT2D eigenvalue weighted by Gasteiger charge is -2.44. The van der Waals surface area contributed by atoms with Crippen LogP contribution in [-0.4, -0.2) is 98.5 Å². The van der Waals surface area contributed by atoms with Crippen molar-refractivity contribution in [1.82, 2.24) is 25.3 Å². The van der Waals surface area contributed by atoms with Crippen LogP contribution >= 0.6 is 11.8 Å². The number of ether oxygens (including phenoxy) is 5. The first kappa shape index (κ1) is 48.7. The van der Waals surface area contributed by atoms with E-state index in [9.17, 15) is 24.0 Å². The number of thioether (sulfide) groups is 1. The number of allylic oxidation sites excluding steroid dienone is 2. The number of aromatic amines is 2. The van der Waals surface area contributed by atoms with Crippen LogP contribution in [0.25, 0.3) is 39.3 Å². The Bertz CT molecular complexity index is 2560. The topological polar surface area (TPSA) is 201 Å². The Morgan fingerprint density at radius 2 is 1.46 bits per heavy atom. The molecule has 3 aromatic heterocycles. The maximum absolute atomic E-state index is 13.5. The van der Waals surface area contributed by atoms with Gasteiger partial charge >= 0.3 is 23.9 Å². The molecule has 15 nitrogen and oxygen atoms in total. The second-order valence-corrected chi connectivity index (χ2v) is 18.1. The van der Waals surface area contributed by atoms with Crippen molar-refractivity contribution in [3.05, 3.63) is 75.9 Å². The first-order valence-electron chi connectivity index (χ1n) is 22.1. The summed E-state index contributed by atoms with van der Waals surface area (Å²) in [5.74, 6) is -2.33. The van der Waals surface area contributed by atoms with Crippen LogP contribution in [0.15, 0.2) is 30.8 Å². The van der Waals surface area contributed by atoms with Crippen molar-refractivity contribution < 1.29 is 47.7 Å². The molecule has 6 heterocycles. The zero-order valence-corrected chi connectivity index (χ0v) is 39.8. The van der Waals surface area contributed by atoms with E-state index in [0.717, 1.165) is 79.1 Å². The van der Waals surface area contributed by atoms with Gasteiger partial charge in [0.15, 0.2) is 18.3 Å². The van der Waals surface area contributed by atoms with Crippen LogP contribution in [0, 0.1) is 20.8 Å². The summed E-state index contributed by atoms with van der Waals surface area (Å²) in [6, 6.07) is 8.52. The molecule has 0 spiro atoms. The summed E-state index contributed by atoms with van der Waals surface area (Å²) in [6.45, 7) is 21.7. The van der Waals surface area contributed by atoms with Gasteiger partial charge in [-0.1, -0.05) is 26.5 Å². The molecule has 0 aromatic carbocycles. The van der Waals surface area contributed by atoms with Crippen LogP contribution in [0.3, 0.4) is 0 Å². The number of aryl methyl sites for hydroxylation is 3. The number of carbonyl (C=O) groups is 5. The second-order valence-electron chi connectivity index (χ2n) is 16.9. The van der Waals surface area contributed by atoms with Crippen molar-refractivity contribution in [2.45, 2.75) is 137 Å². The molecular formula is C49H61N5O10S. The first-order chi connectivity index (χ1) is 30.9. The van der Waals surface area contributed by atoms with Gasteiger partial charge in [0.1, 0.15) is 18.1 Å². The molecule has 6 rings (SSSR count). The molecule has 3 N–H and O–H groups in total. The largest absolute Gasteiger partial charge is 0.463 e. The van der Waals surface area contributed by atoms with E-state index in [-0.39, 0.29) is 30.8 Å². The molecule has 1 fully saturated rings. The van der Waals surface area contributed by atoms with Gasteiger partial charge in [0.2, 0.25) is 5.91 Å². The van der Waals surface area contributed by atoms with Crippen molar-refractivity contribution in [3.63, 3.8) is 0 Å². The molecule has 16 heteroatoms. The summed E-state index contributed by atoms with van der Waals surface area (Å²) in [5.41, 5.74) is 13.2. The third-order valence-corrected chi connectivity index (χ3v) is 13.5. The standard InChI is InChI=1S/C49H61N5O10S/c1-12-33-26(5)39-22-42-34(13-2)25(4)38(52-42)21-40-27(6)35(45(54-40)28(7)37-19-24(3)36(51-37)20-41(33)53-39)15-16-44(59)50-17-14-18-65-49-48(63-32(11)58)47(62-31(10)57)46(61-30(9)56)43(64-49)23-60-29(8)55/h13,19-22,27,35,43,46-49,51-52H,2,12,14-18,23H2,1,3-11H3,(H,50,59)/t27-,35-,43+,46+,47-,48+,49-/m0/s1. The molecule has 0 saturated carbocycles. The fourth-order valence-corrected chi connectivity index (χ4v) is 10.0. The second kappa shape index (κ2) is 21.0. The fourth-order valence-electron chi connectivity index (χ4n) is 8.87. The Labute approximate surface area is 383 Å². The number of aromatic nitrogens is 4. The SMILES string of the molecule is C=Cc1c(C)c2cc3nc(c(C)c4cc(C)c(cc5nc(cc1[nH]2)C(C)=C5CC)[nH]4)[C@@H](CCC(=O)NCCCS[C@@H]1O[C@H](COC(C)=O)[C@@H](OC(C)=O)[C@H](OC(C)=O)[C@H]1OC(C)=O)[C@@H]3C. The number of fused-ring (bicyclic) bond motifs is 8. The van der Waals surface area contributed by atoms with Gasteiger partial charge in [-0.25, -0.2) is 4.98 Å². The van der Waals surface area contributed by atoms with E-state index in [2.05, 4.69) is 87.7 Å². The highest BCUT2D eigenvalue weighted by Crippen LogP contribution is 2.42. The van der Waals surface area contributed by atoms with E-state index in [0.29, 0.717) is 25.1 Å². The van der Waals surface area contributed by atoms with Crippen LogP contribution in [0.5, 0.6) is 0 Å². The highest BCUT2D eigenvalue weighted by atomic mass is 32.2. The van der Waals surface area contributed by atoms with Crippen molar-refractivity contribution in [3.8, 4) is 0 Å². The highest BCUT2D eigenvalue weighted by Gasteiger charge is 2.52. The zero-order chi connectivity index (χ0) is 47.3. The normalized spacial score (nSPS) is 21.7. The minimum atomic E-state index is -1.24. The van der Waals surface area contributed by atoms with Gasteiger partial charge in [-0.15, -0.1) is 11.8 Å².